The summed E-state index contributed by atoms with van der Waals surface area (Å²) in [5.41, 5.74) is 7.27. The average Bonchev–Trinajstić information content (AvgIpc) is 2.26. The lowest BCUT2D eigenvalue weighted by Gasteiger charge is -2.16. The lowest BCUT2D eigenvalue weighted by atomic mass is 10.1. The molecule has 108 valence electrons. The van der Waals surface area contributed by atoms with Crippen LogP contribution in [0, 0.1) is 5.92 Å². The smallest absolute Gasteiger partial charge is 0.216 e. The van der Waals surface area contributed by atoms with E-state index in [9.17, 15) is 8.42 Å². The van der Waals surface area contributed by atoms with E-state index >= 15 is 0 Å². The number of rotatable bonds is 7. The number of nitrogens with one attached hydrogen (secondary N) is 1. The van der Waals surface area contributed by atoms with Crippen LogP contribution in [0.2, 0.25) is 0 Å². The zero-order chi connectivity index (χ0) is 14.5. The fourth-order valence-electron chi connectivity index (χ4n) is 2.17. The van der Waals surface area contributed by atoms with Gasteiger partial charge in [-0.25, -0.2) is 13.1 Å². The molecule has 0 spiro atoms. The van der Waals surface area contributed by atoms with Crippen LogP contribution in [0.5, 0.6) is 0 Å². The Bertz CT molecular complexity index is 498. The SMILES string of the molecule is CC(C)CC(C)NS(=O)(=O)Cc1cccc(CN)c1. The standard InChI is InChI=1S/C14H24N2O2S/c1-11(2)7-12(3)16-19(17,18)10-14-6-4-5-13(8-14)9-15/h4-6,8,11-12,16H,7,9-10,15H2,1-3H3. The molecule has 1 unspecified atom stereocenters. The van der Waals surface area contributed by atoms with Gasteiger partial charge in [0.2, 0.25) is 10.0 Å². The second-order valence-corrected chi connectivity index (χ2v) is 7.19. The minimum Gasteiger partial charge on any atom is -0.326 e. The van der Waals surface area contributed by atoms with E-state index in [4.69, 9.17) is 5.73 Å². The minimum atomic E-state index is -3.30. The van der Waals surface area contributed by atoms with Gasteiger partial charge in [0, 0.05) is 12.6 Å². The van der Waals surface area contributed by atoms with Gasteiger partial charge < -0.3 is 5.73 Å². The van der Waals surface area contributed by atoms with Crippen LogP contribution in [0.3, 0.4) is 0 Å². The third-order valence-electron chi connectivity index (χ3n) is 2.79. The first-order chi connectivity index (χ1) is 8.82. The van der Waals surface area contributed by atoms with Crippen molar-refractivity contribution in [1.29, 1.82) is 0 Å². The Morgan fingerprint density at radius 1 is 1.21 bits per heavy atom. The highest BCUT2D eigenvalue weighted by Gasteiger charge is 2.16. The third-order valence-corrected chi connectivity index (χ3v) is 4.26. The molecule has 0 aliphatic carbocycles. The summed E-state index contributed by atoms with van der Waals surface area (Å²) in [6, 6.07) is 7.34. The predicted octanol–water partition coefficient (Wildman–Crippen LogP) is 2.00. The van der Waals surface area contributed by atoms with Crippen molar-refractivity contribution < 1.29 is 8.42 Å². The van der Waals surface area contributed by atoms with Gasteiger partial charge in [-0.1, -0.05) is 38.1 Å². The molecule has 1 atom stereocenters. The van der Waals surface area contributed by atoms with Crippen molar-refractivity contribution in [1.82, 2.24) is 4.72 Å². The zero-order valence-corrected chi connectivity index (χ0v) is 12.7. The third kappa shape index (κ3) is 6.18. The first-order valence-electron chi connectivity index (χ1n) is 6.60. The molecule has 0 aliphatic rings. The van der Waals surface area contributed by atoms with Gasteiger partial charge in [0.15, 0.2) is 0 Å². The summed E-state index contributed by atoms with van der Waals surface area (Å²) in [5.74, 6) is 0.474. The molecule has 0 saturated heterocycles. The molecule has 0 bridgehead atoms. The quantitative estimate of drug-likeness (QED) is 0.804. The fraction of sp³-hybridized carbons (Fsp3) is 0.571. The molecule has 0 heterocycles. The molecule has 5 heteroatoms. The summed E-state index contributed by atoms with van der Waals surface area (Å²) in [7, 11) is -3.30. The minimum absolute atomic E-state index is 0.00325. The second-order valence-electron chi connectivity index (χ2n) is 5.43. The lowest BCUT2D eigenvalue weighted by Crippen LogP contribution is -2.34. The molecule has 0 aromatic heterocycles. The van der Waals surface area contributed by atoms with Gasteiger partial charge in [-0.3, -0.25) is 0 Å². The Hall–Kier alpha value is -0.910. The Balaban J connectivity index is 2.68. The van der Waals surface area contributed by atoms with Crippen molar-refractivity contribution in [2.75, 3.05) is 0 Å². The lowest BCUT2D eigenvalue weighted by molar-refractivity contribution is 0.482. The first-order valence-corrected chi connectivity index (χ1v) is 8.25. The van der Waals surface area contributed by atoms with Gasteiger partial charge >= 0.3 is 0 Å². The summed E-state index contributed by atoms with van der Waals surface area (Å²) in [5, 5.41) is 0. The van der Waals surface area contributed by atoms with Crippen molar-refractivity contribution in [3.8, 4) is 0 Å². The van der Waals surface area contributed by atoms with Gasteiger partial charge in [0.1, 0.15) is 0 Å². The summed E-state index contributed by atoms with van der Waals surface area (Å²) in [6.45, 7) is 6.48. The molecular weight excluding hydrogens is 260 g/mol. The number of hydrogen-bond donors (Lipinski definition) is 2. The van der Waals surface area contributed by atoms with Crippen LogP contribution in [0.1, 0.15) is 38.3 Å². The van der Waals surface area contributed by atoms with E-state index in [1.165, 1.54) is 0 Å². The molecule has 0 radical (unpaired) electrons. The fourth-order valence-corrected chi connectivity index (χ4v) is 3.58. The number of sulfonamides is 1. The topological polar surface area (TPSA) is 72.2 Å². The van der Waals surface area contributed by atoms with Gasteiger partial charge in [-0.2, -0.15) is 0 Å². The molecule has 4 nitrogen and oxygen atoms in total. The van der Waals surface area contributed by atoms with E-state index in [1.807, 2.05) is 31.2 Å². The van der Waals surface area contributed by atoms with Gasteiger partial charge in [-0.05, 0) is 30.4 Å². The maximum Gasteiger partial charge on any atom is 0.216 e. The molecule has 1 aromatic carbocycles. The highest BCUT2D eigenvalue weighted by atomic mass is 32.2. The van der Waals surface area contributed by atoms with Crippen LogP contribution < -0.4 is 10.5 Å². The van der Waals surface area contributed by atoms with E-state index < -0.39 is 10.0 Å². The number of nitrogens with two attached hydrogens (primary N) is 1. The highest BCUT2D eigenvalue weighted by Crippen LogP contribution is 2.10. The van der Waals surface area contributed by atoms with Crippen molar-refractivity contribution in [3.63, 3.8) is 0 Å². The summed E-state index contributed by atoms with van der Waals surface area (Å²) in [4.78, 5) is 0. The summed E-state index contributed by atoms with van der Waals surface area (Å²) >= 11 is 0. The Kier molecular flexibility index (Phi) is 5.97. The molecule has 0 fully saturated rings. The van der Waals surface area contributed by atoms with Crippen molar-refractivity contribution in [2.24, 2.45) is 11.7 Å². The normalized spacial score (nSPS) is 13.7. The Labute approximate surface area is 116 Å². The molecule has 0 amide bonds. The monoisotopic (exact) mass is 284 g/mol. The summed E-state index contributed by atoms with van der Waals surface area (Å²) < 4.78 is 26.8. The van der Waals surface area contributed by atoms with E-state index in [0.29, 0.717) is 12.5 Å². The van der Waals surface area contributed by atoms with Crippen LogP contribution in [0.25, 0.3) is 0 Å². The molecule has 1 aromatic rings. The van der Waals surface area contributed by atoms with E-state index in [0.717, 1.165) is 17.5 Å². The van der Waals surface area contributed by atoms with Gasteiger partial charge in [0.25, 0.3) is 0 Å². The van der Waals surface area contributed by atoms with Crippen LogP contribution in [0.15, 0.2) is 24.3 Å². The number of hydrogen-bond acceptors (Lipinski definition) is 3. The molecule has 19 heavy (non-hydrogen) atoms. The Morgan fingerprint density at radius 3 is 2.42 bits per heavy atom. The maximum absolute atomic E-state index is 12.0. The molecule has 3 N–H and O–H groups in total. The number of benzene rings is 1. The predicted molar refractivity (Wildman–Crippen MR) is 79.0 cm³/mol. The van der Waals surface area contributed by atoms with Crippen LogP contribution in [-0.4, -0.2) is 14.5 Å². The second kappa shape index (κ2) is 7.03. The van der Waals surface area contributed by atoms with Crippen LogP contribution in [-0.2, 0) is 22.3 Å². The van der Waals surface area contributed by atoms with E-state index in [-0.39, 0.29) is 11.8 Å². The maximum atomic E-state index is 12.0. The molecular formula is C14H24N2O2S. The van der Waals surface area contributed by atoms with Gasteiger partial charge in [0.05, 0.1) is 5.75 Å². The highest BCUT2D eigenvalue weighted by molar-refractivity contribution is 7.88. The largest absolute Gasteiger partial charge is 0.326 e. The molecule has 0 aliphatic heterocycles. The first kappa shape index (κ1) is 16.1. The van der Waals surface area contributed by atoms with Crippen molar-refractivity contribution in [2.45, 2.75) is 45.5 Å². The molecule has 1 rings (SSSR count). The van der Waals surface area contributed by atoms with E-state index in [2.05, 4.69) is 18.6 Å². The van der Waals surface area contributed by atoms with Crippen molar-refractivity contribution >= 4 is 10.0 Å². The van der Waals surface area contributed by atoms with Gasteiger partial charge in [-0.15, -0.1) is 0 Å². The van der Waals surface area contributed by atoms with E-state index in [1.54, 1.807) is 0 Å². The average molecular weight is 284 g/mol. The molecule has 0 saturated carbocycles. The van der Waals surface area contributed by atoms with Crippen LogP contribution >= 0.6 is 0 Å². The zero-order valence-electron chi connectivity index (χ0n) is 11.9. The Morgan fingerprint density at radius 2 is 1.84 bits per heavy atom. The van der Waals surface area contributed by atoms with Crippen molar-refractivity contribution in [3.05, 3.63) is 35.4 Å². The van der Waals surface area contributed by atoms with Crippen LogP contribution in [0.4, 0.5) is 0 Å². The summed E-state index contributed by atoms with van der Waals surface area (Å²) in [6.07, 6.45) is 0.835.